The molecule has 21 heavy (non-hydrogen) atoms. The molecule has 0 saturated carbocycles. The number of halogens is 2. The molecule has 1 aromatic carbocycles. The lowest BCUT2D eigenvalue weighted by molar-refractivity contribution is 0.411. The first-order valence-corrected chi connectivity index (χ1v) is 8.19. The lowest BCUT2D eigenvalue weighted by atomic mass is 10.3. The molecule has 0 radical (unpaired) electrons. The first-order valence-electron chi connectivity index (χ1n) is 5.54. The van der Waals surface area contributed by atoms with Crippen LogP contribution < -0.4 is 9.46 Å². The van der Waals surface area contributed by atoms with Crippen LogP contribution in [0.25, 0.3) is 0 Å². The molecule has 2 N–H and O–H groups in total. The molecule has 1 heterocycles. The van der Waals surface area contributed by atoms with Crippen molar-refractivity contribution in [3.63, 3.8) is 0 Å². The van der Waals surface area contributed by atoms with E-state index in [1.807, 2.05) is 0 Å². The van der Waals surface area contributed by atoms with Crippen LogP contribution in [0.3, 0.4) is 0 Å². The van der Waals surface area contributed by atoms with Gasteiger partial charge in [0.05, 0.1) is 22.7 Å². The summed E-state index contributed by atoms with van der Waals surface area (Å²) in [6.45, 7) is 0. The second-order valence-corrected chi connectivity index (χ2v) is 6.86. The van der Waals surface area contributed by atoms with Gasteiger partial charge in [-0.15, -0.1) is 0 Å². The molecule has 9 heteroatoms. The van der Waals surface area contributed by atoms with Gasteiger partial charge in [0.2, 0.25) is 0 Å². The van der Waals surface area contributed by atoms with Crippen molar-refractivity contribution >= 4 is 43.2 Å². The van der Waals surface area contributed by atoms with Gasteiger partial charge in [-0.3, -0.25) is 9.71 Å². The lowest BCUT2D eigenvalue weighted by Gasteiger charge is -2.11. The summed E-state index contributed by atoms with van der Waals surface area (Å²) in [5, 5.41) is 9.67. The Kier molecular flexibility index (Phi) is 4.60. The summed E-state index contributed by atoms with van der Waals surface area (Å²) in [6.07, 6.45) is 2.37. The summed E-state index contributed by atoms with van der Waals surface area (Å²) in [4.78, 5) is 3.71. The Hall–Kier alpha value is -1.51. The number of rotatable bonds is 4. The highest BCUT2D eigenvalue weighted by Gasteiger charge is 2.18. The summed E-state index contributed by atoms with van der Waals surface area (Å²) in [5.41, 5.74) is -0.102. The number of anilines is 1. The van der Waals surface area contributed by atoms with Crippen LogP contribution in [0.4, 0.5) is 5.69 Å². The van der Waals surface area contributed by atoms with Gasteiger partial charge in [0, 0.05) is 6.20 Å². The number of aromatic hydroxyl groups is 1. The van der Waals surface area contributed by atoms with Crippen molar-refractivity contribution in [1.82, 2.24) is 4.98 Å². The molecule has 0 bridgehead atoms. The van der Waals surface area contributed by atoms with Gasteiger partial charge in [-0.1, -0.05) is 11.6 Å². The fraction of sp³-hybridized carbons (Fsp3) is 0.0833. The molecule has 0 spiro atoms. The molecular formula is C12H10BrClN2O4S. The number of hydrogen-bond donors (Lipinski definition) is 2. The van der Waals surface area contributed by atoms with Crippen LogP contribution in [0.5, 0.6) is 11.5 Å². The van der Waals surface area contributed by atoms with E-state index >= 15 is 0 Å². The molecule has 0 saturated heterocycles. The van der Waals surface area contributed by atoms with Gasteiger partial charge in [-0.25, -0.2) is 8.42 Å². The van der Waals surface area contributed by atoms with Gasteiger partial charge in [0.25, 0.3) is 10.0 Å². The second kappa shape index (κ2) is 6.08. The van der Waals surface area contributed by atoms with E-state index in [2.05, 4.69) is 25.6 Å². The minimum absolute atomic E-state index is 0.00505. The standard InChI is InChI=1S/C12H10BrClN2O4S/c1-20-11-3-2-7(4-8(11)13)21(18,19)16-10-6-15-5-9(14)12(10)17/h2-6,16H,1H3,(H,15,17). The zero-order chi connectivity index (χ0) is 15.6. The van der Waals surface area contributed by atoms with Gasteiger partial charge in [-0.05, 0) is 34.1 Å². The van der Waals surface area contributed by atoms with E-state index in [9.17, 15) is 13.5 Å². The van der Waals surface area contributed by atoms with Crippen molar-refractivity contribution in [3.8, 4) is 11.5 Å². The molecule has 2 rings (SSSR count). The van der Waals surface area contributed by atoms with Crippen molar-refractivity contribution in [2.45, 2.75) is 4.90 Å². The van der Waals surface area contributed by atoms with Gasteiger partial charge in [0.15, 0.2) is 5.75 Å². The van der Waals surface area contributed by atoms with E-state index in [0.29, 0.717) is 10.2 Å². The molecule has 0 unspecified atom stereocenters. The minimum Gasteiger partial charge on any atom is -0.504 e. The monoisotopic (exact) mass is 392 g/mol. The summed E-state index contributed by atoms with van der Waals surface area (Å²) < 4.78 is 32.3. The zero-order valence-electron chi connectivity index (χ0n) is 10.7. The lowest BCUT2D eigenvalue weighted by Crippen LogP contribution is -2.13. The predicted octanol–water partition coefficient (Wildman–Crippen LogP) is 3.01. The van der Waals surface area contributed by atoms with Crippen molar-refractivity contribution in [2.24, 2.45) is 0 Å². The number of ether oxygens (including phenoxy) is 1. The van der Waals surface area contributed by atoms with Crippen molar-refractivity contribution in [1.29, 1.82) is 0 Å². The molecule has 0 fully saturated rings. The summed E-state index contributed by atoms with van der Waals surface area (Å²) in [5.74, 6) is 0.115. The average molecular weight is 394 g/mol. The van der Waals surface area contributed by atoms with Crippen LogP contribution in [0.2, 0.25) is 5.02 Å². The molecule has 0 aliphatic rings. The van der Waals surface area contributed by atoms with Crippen LogP contribution >= 0.6 is 27.5 Å². The third-order valence-electron chi connectivity index (χ3n) is 2.55. The van der Waals surface area contributed by atoms with E-state index in [-0.39, 0.29) is 21.4 Å². The molecule has 0 aliphatic heterocycles. The van der Waals surface area contributed by atoms with E-state index in [0.717, 1.165) is 6.20 Å². The first-order chi connectivity index (χ1) is 9.85. The average Bonchev–Trinajstić information content (AvgIpc) is 2.43. The zero-order valence-corrected chi connectivity index (χ0v) is 13.8. The molecule has 0 aliphatic carbocycles. The van der Waals surface area contributed by atoms with E-state index in [1.54, 1.807) is 0 Å². The Balaban J connectivity index is 2.39. The highest BCUT2D eigenvalue weighted by atomic mass is 79.9. The largest absolute Gasteiger partial charge is 0.504 e. The Labute approximate surface area is 134 Å². The normalized spacial score (nSPS) is 11.2. The van der Waals surface area contributed by atoms with Crippen molar-refractivity contribution in [2.75, 3.05) is 11.8 Å². The van der Waals surface area contributed by atoms with Gasteiger partial charge in [0.1, 0.15) is 16.5 Å². The van der Waals surface area contributed by atoms with Crippen LogP contribution in [0.1, 0.15) is 0 Å². The number of pyridine rings is 1. The fourth-order valence-corrected chi connectivity index (χ4v) is 3.45. The molecule has 112 valence electrons. The highest BCUT2D eigenvalue weighted by molar-refractivity contribution is 9.10. The number of methoxy groups -OCH3 is 1. The quantitative estimate of drug-likeness (QED) is 0.833. The third-order valence-corrected chi connectivity index (χ3v) is 4.81. The molecular weight excluding hydrogens is 384 g/mol. The Morgan fingerprint density at radius 3 is 2.71 bits per heavy atom. The Morgan fingerprint density at radius 1 is 1.38 bits per heavy atom. The molecule has 0 atom stereocenters. The summed E-state index contributed by atoms with van der Waals surface area (Å²) in [6, 6.07) is 4.27. The maximum absolute atomic E-state index is 12.3. The topological polar surface area (TPSA) is 88.5 Å². The maximum Gasteiger partial charge on any atom is 0.262 e. The van der Waals surface area contributed by atoms with E-state index in [1.165, 1.54) is 31.5 Å². The number of aromatic nitrogens is 1. The van der Waals surface area contributed by atoms with Gasteiger partial charge in [-0.2, -0.15) is 0 Å². The van der Waals surface area contributed by atoms with Crippen LogP contribution in [-0.4, -0.2) is 25.6 Å². The SMILES string of the molecule is COc1ccc(S(=O)(=O)Nc2cncc(Cl)c2O)cc1Br. The Bertz CT molecular complexity index is 783. The highest BCUT2D eigenvalue weighted by Crippen LogP contribution is 2.33. The summed E-state index contributed by atoms with van der Waals surface area (Å²) in [7, 11) is -2.42. The smallest absolute Gasteiger partial charge is 0.262 e. The number of hydrogen-bond acceptors (Lipinski definition) is 5. The predicted molar refractivity (Wildman–Crippen MR) is 82.4 cm³/mol. The van der Waals surface area contributed by atoms with Crippen molar-refractivity contribution < 1.29 is 18.3 Å². The van der Waals surface area contributed by atoms with Crippen LogP contribution in [0, 0.1) is 0 Å². The van der Waals surface area contributed by atoms with Crippen LogP contribution in [0.15, 0.2) is 40.0 Å². The first kappa shape index (κ1) is 15.9. The molecule has 6 nitrogen and oxygen atoms in total. The molecule has 2 aromatic rings. The number of nitrogens with one attached hydrogen (secondary N) is 1. The third kappa shape index (κ3) is 3.39. The fourth-order valence-electron chi connectivity index (χ4n) is 1.52. The molecule has 1 aromatic heterocycles. The number of sulfonamides is 1. The number of benzene rings is 1. The van der Waals surface area contributed by atoms with E-state index in [4.69, 9.17) is 16.3 Å². The Morgan fingerprint density at radius 2 is 2.10 bits per heavy atom. The summed E-state index contributed by atoms with van der Waals surface area (Å²) >= 11 is 8.89. The molecule has 0 amide bonds. The van der Waals surface area contributed by atoms with Crippen molar-refractivity contribution in [3.05, 3.63) is 40.1 Å². The van der Waals surface area contributed by atoms with Crippen LogP contribution in [-0.2, 0) is 10.0 Å². The van der Waals surface area contributed by atoms with E-state index < -0.39 is 10.0 Å². The van der Waals surface area contributed by atoms with Gasteiger partial charge >= 0.3 is 0 Å². The second-order valence-electron chi connectivity index (χ2n) is 3.92. The number of nitrogens with zero attached hydrogens (tertiary/aromatic N) is 1. The maximum atomic E-state index is 12.3. The minimum atomic E-state index is -3.89. The van der Waals surface area contributed by atoms with Gasteiger partial charge < -0.3 is 9.84 Å².